The SMILES string of the molecule is COc1ccc(C(=O)NC2=NC(c3nncn3C3CC3)CC=C2)cc1-n1cnc(C2CC2)c1. The predicted octanol–water partition coefficient (Wildman–Crippen LogP) is 3.51. The average molecular weight is 444 g/mol. The molecule has 2 fully saturated rings. The molecule has 2 aromatic heterocycles. The lowest BCUT2D eigenvalue weighted by Crippen LogP contribution is -2.31. The lowest BCUT2D eigenvalue weighted by molar-refractivity contribution is 0.0977. The third-order valence-electron chi connectivity index (χ3n) is 6.33. The van der Waals surface area contributed by atoms with Gasteiger partial charge in [0.1, 0.15) is 24.0 Å². The van der Waals surface area contributed by atoms with Gasteiger partial charge in [-0.15, -0.1) is 10.2 Å². The minimum absolute atomic E-state index is 0.147. The molecule has 3 aliphatic rings. The lowest BCUT2D eigenvalue weighted by atomic mass is 10.1. The summed E-state index contributed by atoms with van der Waals surface area (Å²) in [5.74, 6) is 2.39. The Morgan fingerprint density at radius 1 is 1.18 bits per heavy atom. The standard InChI is InChI=1S/C24H25N7O2/c1-33-21-10-7-16(11-20(21)30-12-19(25-13-30)15-5-6-15)24(32)28-22-4-2-3-18(27-22)23-29-26-14-31(23)17-8-9-17/h2,4,7,10-15,17-18H,3,5-6,8-9H2,1H3,(H,27,28,32). The third-order valence-corrected chi connectivity index (χ3v) is 6.33. The molecule has 1 amide bonds. The Hall–Kier alpha value is -3.75. The number of carbonyl (C=O) groups excluding carboxylic acids is 1. The fourth-order valence-corrected chi connectivity index (χ4v) is 4.21. The topological polar surface area (TPSA) is 99.2 Å². The van der Waals surface area contributed by atoms with Crippen molar-refractivity contribution in [2.75, 3.05) is 7.11 Å². The Balaban J connectivity index is 1.23. The fourth-order valence-electron chi connectivity index (χ4n) is 4.21. The van der Waals surface area contributed by atoms with E-state index in [1.807, 2.05) is 29.0 Å². The van der Waals surface area contributed by atoms with Crippen molar-refractivity contribution >= 4 is 11.7 Å². The minimum Gasteiger partial charge on any atom is -0.495 e. The highest BCUT2D eigenvalue weighted by Crippen LogP contribution is 2.40. The van der Waals surface area contributed by atoms with Gasteiger partial charge in [0, 0.05) is 23.7 Å². The Morgan fingerprint density at radius 2 is 2.06 bits per heavy atom. The summed E-state index contributed by atoms with van der Waals surface area (Å²) in [5.41, 5.74) is 2.38. The number of aromatic nitrogens is 5. The molecule has 0 bridgehead atoms. The molecule has 9 heteroatoms. The Morgan fingerprint density at radius 3 is 2.85 bits per heavy atom. The number of nitrogens with zero attached hydrogens (tertiary/aromatic N) is 6. The van der Waals surface area contributed by atoms with Crippen molar-refractivity contribution < 1.29 is 9.53 Å². The second kappa shape index (κ2) is 7.99. The van der Waals surface area contributed by atoms with E-state index in [1.165, 1.54) is 12.8 Å². The summed E-state index contributed by atoms with van der Waals surface area (Å²) >= 11 is 0. The van der Waals surface area contributed by atoms with Crippen molar-refractivity contribution in [2.24, 2.45) is 4.99 Å². The summed E-state index contributed by atoms with van der Waals surface area (Å²) in [6.45, 7) is 0. The maximum atomic E-state index is 13.1. The normalized spacial score (nSPS) is 19.9. The van der Waals surface area contributed by atoms with Crippen LogP contribution in [0.25, 0.3) is 5.69 Å². The molecule has 0 radical (unpaired) electrons. The number of amides is 1. The largest absolute Gasteiger partial charge is 0.495 e. The zero-order chi connectivity index (χ0) is 22.4. The maximum Gasteiger partial charge on any atom is 0.256 e. The number of hydrogen-bond donors (Lipinski definition) is 1. The van der Waals surface area contributed by atoms with Gasteiger partial charge in [0.25, 0.3) is 5.91 Å². The first-order valence-corrected chi connectivity index (χ1v) is 11.4. The van der Waals surface area contributed by atoms with Crippen molar-refractivity contribution in [1.82, 2.24) is 29.6 Å². The molecule has 9 nitrogen and oxygen atoms in total. The van der Waals surface area contributed by atoms with Crippen LogP contribution in [0.2, 0.25) is 0 Å². The lowest BCUT2D eigenvalue weighted by Gasteiger charge is -2.17. The predicted molar refractivity (Wildman–Crippen MR) is 122 cm³/mol. The van der Waals surface area contributed by atoms with Crippen LogP contribution in [-0.2, 0) is 0 Å². The van der Waals surface area contributed by atoms with Gasteiger partial charge in [0.15, 0.2) is 5.82 Å². The summed E-state index contributed by atoms with van der Waals surface area (Å²) in [6.07, 6.45) is 14.9. The van der Waals surface area contributed by atoms with E-state index in [0.29, 0.717) is 29.1 Å². The summed E-state index contributed by atoms with van der Waals surface area (Å²) in [7, 11) is 1.62. The quantitative estimate of drug-likeness (QED) is 0.629. The molecule has 1 N–H and O–H groups in total. The molecule has 6 rings (SSSR count). The van der Waals surface area contributed by atoms with Crippen LogP contribution in [0.15, 0.2) is 54.2 Å². The van der Waals surface area contributed by atoms with Crippen molar-refractivity contribution in [2.45, 2.75) is 50.1 Å². The molecule has 1 unspecified atom stereocenters. The molecular formula is C24H25N7O2. The zero-order valence-electron chi connectivity index (χ0n) is 18.4. The molecule has 3 heterocycles. The van der Waals surface area contributed by atoms with Crippen LogP contribution in [0.3, 0.4) is 0 Å². The van der Waals surface area contributed by atoms with Gasteiger partial charge >= 0.3 is 0 Å². The molecule has 1 aliphatic heterocycles. The monoisotopic (exact) mass is 443 g/mol. The van der Waals surface area contributed by atoms with E-state index in [2.05, 4.69) is 25.1 Å². The van der Waals surface area contributed by atoms with Crippen molar-refractivity contribution in [3.05, 3.63) is 66.3 Å². The number of rotatable bonds is 6. The van der Waals surface area contributed by atoms with Gasteiger partial charge < -0.3 is 19.2 Å². The number of benzene rings is 1. The molecule has 2 aliphatic carbocycles. The number of aliphatic imine (C=N–C) groups is 1. The highest BCUT2D eigenvalue weighted by molar-refractivity contribution is 6.10. The summed E-state index contributed by atoms with van der Waals surface area (Å²) in [5, 5.41) is 11.3. The van der Waals surface area contributed by atoms with E-state index in [0.717, 1.165) is 36.5 Å². The van der Waals surface area contributed by atoms with E-state index in [-0.39, 0.29) is 11.9 Å². The Bertz CT molecular complexity index is 1260. The number of nitrogens with one attached hydrogen (secondary N) is 1. The highest BCUT2D eigenvalue weighted by atomic mass is 16.5. The van der Waals surface area contributed by atoms with Crippen molar-refractivity contribution in [1.29, 1.82) is 0 Å². The maximum absolute atomic E-state index is 13.1. The van der Waals surface area contributed by atoms with E-state index in [4.69, 9.17) is 9.73 Å². The first-order valence-electron chi connectivity index (χ1n) is 11.4. The van der Waals surface area contributed by atoms with E-state index >= 15 is 0 Å². The smallest absolute Gasteiger partial charge is 0.256 e. The minimum atomic E-state index is -0.228. The number of amidine groups is 1. The highest BCUT2D eigenvalue weighted by Gasteiger charge is 2.30. The molecule has 2 saturated carbocycles. The van der Waals surface area contributed by atoms with Gasteiger partial charge in [0.05, 0.1) is 24.8 Å². The van der Waals surface area contributed by atoms with Crippen LogP contribution in [0.1, 0.15) is 72.0 Å². The second-order valence-electron chi connectivity index (χ2n) is 8.82. The van der Waals surface area contributed by atoms with Crippen LogP contribution in [0.4, 0.5) is 0 Å². The molecule has 1 atom stereocenters. The van der Waals surface area contributed by atoms with Crippen LogP contribution in [0, 0.1) is 0 Å². The van der Waals surface area contributed by atoms with Crippen LogP contribution in [0.5, 0.6) is 5.75 Å². The van der Waals surface area contributed by atoms with Gasteiger partial charge in [-0.2, -0.15) is 0 Å². The van der Waals surface area contributed by atoms with Crippen LogP contribution >= 0.6 is 0 Å². The summed E-state index contributed by atoms with van der Waals surface area (Å²) < 4.78 is 9.56. The number of dihydropyridines is 1. The van der Waals surface area contributed by atoms with Gasteiger partial charge in [-0.05, 0) is 56.4 Å². The van der Waals surface area contributed by atoms with E-state index in [9.17, 15) is 4.79 Å². The van der Waals surface area contributed by atoms with Gasteiger partial charge in [0.2, 0.25) is 0 Å². The van der Waals surface area contributed by atoms with Crippen molar-refractivity contribution in [3.8, 4) is 11.4 Å². The first kappa shape index (κ1) is 19.9. The molecular weight excluding hydrogens is 418 g/mol. The molecule has 0 spiro atoms. The summed E-state index contributed by atoms with van der Waals surface area (Å²) in [4.78, 5) is 22.3. The van der Waals surface area contributed by atoms with E-state index < -0.39 is 0 Å². The van der Waals surface area contributed by atoms with Gasteiger partial charge in [-0.3, -0.25) is 9.79 Å². The fraction of sp³-hybridized carbons (Fsp3) is 0.375. The first-order chi connectivity index (χ1) is 16.2. The number of methoxy groups -OCH3 is 1. The zero-order valence-corrected chi connectivity index (χ0v) is 18.4. The van der Waals surface area contributed by atoms with E-state index in [1.54, 1.807) is 31.9 Å². The number of ether oxygens (including phenoxy) is 1. The van der Waals surface area contributed by atoms with Crippen molar-refractivity contribution in [3.63, 3.8) is 0 Å². The number of carbonyl (C=O) groups is 1. The third kappa shape index (κ3) is 3.94. The number of hydrogen-bond acceptors (Lipinski definition) is 6. The Kier molecular flexibility index (Phi) is 4.82. The molecule has 0 saturated heterocycles. The second-order valence-corrected chi connectivity index (χ2v) is 8.82. The van der Waals surface area contributed by atoms with Gasteiger partial charge in [-0.1, -0.05) is 6.08 Å². The van der Waals surface area contributed by atoms with Crippen LogP contribution < -0.4 is 10.1 Å². The Labute approximate surface area is 191 Å². The summed E-state index contributed by atoms with van der Waals surface area (Å²) in [6, 6.07) is 5.72. The molecule has 3 aromatic rings. The van der Waals surface area contributed by atoms with Crippen LogP contribution in [-0.4, -0.2) is 43.2 Å². The molecule has 1 aromatic carbocycles. The molecule has 168 valence electrons. The average Bonchev–Trinajstić information content (AvgIpc) is 3.78. The molecule has 33 heavy (non-hydrogen) atoms. The van der Waals surface area contributed by atoms with Gasteiger partial charge in [-0.25, -0.2) is 4.98 Å². The number of imidazole rings is 1.